The molecular weight excluding hydrogens is 343 g/mol. The Morgan fingerprint density at radius 2 is 1.73 bits per heavy atom. The highest BCUT2D eigenvalue weighted by Crippen LogP contribution is 2.34. The van der Waals surface area contributed by atoms with Crippen LogP contribution in [0.2, 0.25) is 0 Å². The number of para-hydroxylation sites is 1. The van der Waals surface area contributed by atoms with E-state index in [1.54, 1.807) is 0 Å². The summed E-state index contributed by atoms with van der Waals surface area (Å²) >= 11 is 0. The van der Waals surface area contributed by atoms with Crippen molar-refractivity contribution >= 4 is 17.4 Å². The van der Waals surface area contributed by atoms with Crippen LogP contribution in [0.3, 0.4) is 0 Å². The van der Waals surface area contributed by atoms with Crippen LogP contribution in [0.25, 0.3) is 0 Å². The molecular formula is C19H18F3N3O. The van der Waals surface area contributed by atoms with Crippen LogP contribution in [0.1, 0.15) is 11.1 Å². The monoisotopic (exact) mass is 361 g/mol. The van der Waals surface area contributed by atoms with Crippen molar-refractivity contribution in [2.45, 2.75) is 6.18 Å². The van der Waals surface area contributed by atoms with Crippen LogP contribution >= 0.6 is 0 Å². The first kappa shape index (κ1) is 19.2. The molecule has 2 aromatic rings. The lowest BCUT2D eigenvalue weighted by atomic mass is 10.1. The van der Waals surface area contributed by atoms with E-state index in [2.05, 4.69) is 22.5 Å². The van der Waals surface area contributed by atoms with Crippen molar-refractivity contribution in [2.75, 3.05) is 30.9 Å². The number of amides is 2. The predicted molar refractivity (Wildman–Crippen MR) is 96.1 cm³/mol. The number of carbonyl (C=O) groups is 1. The van der Waals surface area contributed by atoms with Crippen LogP contribution < -0.4 is 15.5 Å². The van der Waals surface area contributed by atoms with Gasteiger partial charge in [-0.2, -0.15) is 13.2 Å². The Labute approximate surface area is 150 Å². The highest BCUT2D eigenvalue weighted by molar-refractivity contribution is 5.90. The van der Waals surface area contributed by atoms with Crippen LogP contribution in [-0.4, -0.2) is 26.7 Å². The zero-order chi connectivity index (χ0) is 19.2. The number of urea groups is 1. The van der Waals surface area contributed by atoms with Gasteiger partial charge in [0.25, 0.3) is 0 Å². The normalized spacial score (nSPS) is 10.5. The van der Waals surface area contributed by atoms with Gasteiger partial charge in [0.05, 0.1) is 17.8 Å². The first-order chi connectivity index (χ1) is 12.3. The van der Waals surface area contributed by atoms with Gasteiger partial charge >= 0.3 is 12.2 Å². The van der Waals surface area contributed by atoms with Crippen molar-refractivity contribution in [3.05, 3.63) is 59.7 Å². The molecule has 0 saturated carbocycles. The maximum Gasteiger partial charge on any atom is 0.418 e. The lowest BCUT2D eigenvalue weighted by Gasteiger charge is -2.13. The fraction of sp³-hybridized carbons (Fsp3) is 0.211. The molecule has 0 bridgehead atoms. The Morgan fingerprint density at radius 3 is 2.35 bits per heavy atom. The third-order valence-electron chi connectivity index (χ3n) is 3.43. The van der Waals surface area contributed by atoms with Crippen LogP contribution in [0.15, 0.2) is 48.5 Å². The summed E-state index contributed by atoms with van der Waals surface area (Å²) < 4.78 is 38.6. The van der Waals surface area contributed by atoms with E-state index in [0.717, 1.165) is 17.3 Å². The summed E-state index contributed by atoms with van der Waals surface area (Å²) in [6.07, 6.45) is -4.54. The summed E-state index contributed by atoms with van der Waals surface area (Å²) in [5.41, 5.74) is 0.614. The molecule has 0 aromatic heterocycles. The predicted octanol–water partition coefficient (Wildman–Crippen LogP) is 3.94. The number of benzene rings is 2. The summed E-state index contributed by atoms with van der Waals surface area (Å²) in [6, 6.07) is 11.6. The van der Waals surface area contributed by atoms with Crippen molar-refractivity contribution in [1.82, 2.24) is 5.32 Å². The first-order valence-electron chi connectivity index (χ1n) is 7.74. The third kappa shape index (κ3) is 5.45. The Hall–Kier alpha value is -3.14. The second-order valence-electron chi connectivity index (χ2n) is 5.59. The van der Waals surface area contributed by atoms with Crippen LogP contribution in [-0.2, 0) is 6.18 Å². The number of hydrogen-bond donors (Lipinski definition) is 2. The van der Waals surface area contributed by atoms with Gasteiger partial charge in [0, 0.05) is 25.3 Å². The van der Waals surface area contributed by atoms with E-state index in [0.29, 0.717) is 0 Å². The van der Waals surface area contributed by atoms with Crippen molar-refractivity contribution < 1.29 is 18.0 Å². The quantitative estimate of drug-likeness (QED) is 0.814. The zero-order valence-electron chi connectivity index (χ0n) is 14.3. The molecule has 136 valence electrons. The summed E-state index contributed by atoms with van der Waals surface area (Å²) in [5.74, 6) is 5.63. The number of rotatable bonds is 3. The standard InChI is InChI=1S/C19H18F3N3O/c1-25(2)15-11-9-14(10-12-15)6-5-13-23-18(26)24-17-8-4-3-7-16(17)19(20,21)22/h3-4,7-12H,13H2,1-2H3,(H2,23,24,26). The minimum absolute atomic E-state index is 0.00938. The molecule has 0 atom stereocenters. The number of nitrogens with zero attached hydrogens (tertiary/aromatic N) is 1. The van der Waals surface area contributed by atoms with Crippen molar-refractivity contribution in [2.24, 2.45) is 0 Å². The largest absolute Gasteiger partial charge is 0.418 e. The molecule has 0 radical (unpaired) electrons. The van der Waals surface area contributed by atoms with Crippen molar-refractivity contribution in [3.8, 4) is 11.8 Å². The smallest absolute Gasteiger partial charge is 0.378 e. The molecule has 0 unspecified atom stereocenters. The Kier molecular flexibility index (Phi) is 6.12. The Balaban J connectivity index is 1.91. The van der Waals surface area contributed by atoms with Crippen molar-refractivity contribution in [3.63, 3.8) is 0 Å². The van der Waals surface area contributed by atoms with Gasteiger partial charge in [-0.05, 0) is 36.4 Å². The SMILES string of the molecule is CN(C)c1ccc(C#CCNC(=O)Nc2ccccc2C(F)(F)F)cc1. The molecule has 2 aromatic carbocycles. The van der Waals surface area contributed by atoms with Crippen molar-refractivity contribution in [1.29, 1.82) is 0 Å². The summed E-state index contributed by atoms with van der Waals surface area (Å²) in [7, 11) is 3.86. The van der Waals surface area contributed by atoms with Gasteiger partial charge in [-0.3, -0.25) is 0 Å². The summed E-state index contributed by atoms with van der Waals surface area (Å²) in [6.45, 7) is 0.00938. The Bertz CT molecular complexity index is 818. The lowest BCUT2D eigenvalue weighted by Crippen LogP contribution is -2.29. The summed E-state index contributed by atoms with van der Waals surface area (Å²) in [4.78, 5) is 13.7. The molecule has 2 rings (SSSR count). The van der Waals surface area contributed by atoms with E-state index in [-0.39, 0.29) is 12.2 Å². The number of halogens is 3. The second-order valence-corrected chi connectivity index (χ2v) is 5.59. The van der Waals surface area contributed by atoms with Crippen LogP contribution in [0.5, 0.6) is 0 Å². The Morgan fingerprint density at radius 1 is 1.08 bits per heavy atom. The van der Waals surface area contributed by atoms with E-state index in [1.165, 1.54) is 18.2 Å². The zero-order valence-corrected chi connectivity index (χ0v) is 14.3. The maximum absolute atomic E-state index is 12.9. The lowest BCUT2D eigenvalue weighted by molar-refractivity contribution is -0.136. The van der Waals surface area contributed by atoms with Gasteiger partial charge in [-0.1, -0.05) is 24.0 Å². The van der Waals surface area contributed by atoms with Gasteiger partial charge in [0.1, 0.15) is 0 Å². The molecule has 2 N–H and O–H groups in total. The van der Waals surface area contributed by atoms with E-state index in [9.17, 15) is 18.0 Å². The van der Waals surface area contributed by atoms with E-state index >= 15 is 0 Å². The number of alkyl halides is 3. The topological polar surface area (TPSA) is 44.4 Å². The number of anilines is 2. The first-order valence-corrected chi connectivity index (χ1v) is 7.74. The molecule has 0 heterocycles. The average molecular weight is 361 g/mol. The molecule has 0 spiro atoms. The molecule has 0 aliphatic rings. The van der Waals surface area contributed by atoms with E-state index in [1.807, 2.05) is 43.3 Å². The number of hydrogen-bond acceptors (Lipinski definition) is 2. The maximum atomic E-state index is 12.9. The fourth-order valence-corrected chi connectivity index (χ4v) is 2.12. The number of nitrogens with one attached hydrogen (secondary N) is 2. The molecule has 7 heteroatoms. The van der Waals surface area contributed by atoms with Gasteiger partial charge in [-0.25, -0.2) is 4.79 Å². The van der Waals surface area contributed by atoms with E-state index < -0.39 is 17.8 Å². The third-order valence-corrected chi connectivity index (χ3v) is 3.43. The van der Waals surface area contributed by atoms with Gasteiger partial charge in [0.15, 0.2) is 0 Å². The van der Waals surface area contributed by atoms with Gasteiger partial charge in [-0.15, -0.1) is 0 Å². The van der Waals surface area contributed by atoms with Gasteiger partial charge in [0.2, 0.25) is 0 Å². The summed E-state index contributed by atoms with van der Waals surface area (Å²) in [5, 5.41) is 4.60. The van der Waals surface area contributed by atoms with Gasteiger partial charge < -0.3 is 15.5 Å². The molecule has 26 heavy (non-hydrogen) atoms. The highest BCUT2D eigenvalue weighted by Gasteiger charge is 2.33. The molecule has 0 aliphatic carbocycles. The fourth-order valence-electron chi connectivity index (χ4n) is 2.12. The minimum atomic E-state index is -4.54. The molecule has 4 nitrogen and oxygen atoms in total. The van der Waals surface area contributed by atoms with E-state index in [4.69, 9.17) is 0 Å². The molecule has 0 aliphatic heterocycles. The molecule has 0 fully saturated rings. The highest BCUT2D eigenvalue weighted by atomic mass is 19.4. The second kappa shape index (κ2) is 8.30. The molecule has 2 amide bonds. The van der Waals surface area contributed by atoms with Crippen LogP contribution in [0.4, 0.5) is 29.3 Å². The molecule has 0 saturated heterocycles. The number of carbonyl (C=O) groups excluding carboxylic acids is 1. The van der Waals surface area contributed by atoms with Crippen LogP contribution in [0, 0.1) is 11.8 Å². The average Bonchev–Trinajstić information content (AvgIpc) is 2.58. The minimum Gasteiger partial charge on any atom is -0.378 e.